The van der Waals surface area contributed by atoms with Crippen LogP contribution < -0.4 is 15.2 Å². The summed E-state index contributed by atoms with van der Waals surface area (Å²) in [5, 5.41) is 0. The van der Waals surface area contributed by atoms with Crippen LogP contribution in [0.5, 0.6) is 11.5 Å². The van der Waals surface area contributed by atoms with Gasteiger partial charge in [-0.15, -0.1) is 11.8 Å². The lowest BCUT2D eigenvalue weighted by molar-refractivity contribution is -0.138. The molecule has 140 valence electrons. The Morgan fingerprint density at radius 1 is 1.32 bits per heavy atom. The summed E-state index contributed by atoms with van der Waals surface area (Å²) in [6, 6.07) is 3.92. The molecule has 1 amide bonds. The fraction of sp³-hybridized carbons (Fsp3) is 0.632. The number of ether oxygens (including phenoxy) is 2. The molecule has 0 aromatic heterocycles. The lowest BCUT2D eigenvalue weighted by atomic mass is 9.74. The van der Waals surface area contributed by atoms with Crippen molar-refractivity contribution in [1.82, 2.24) is 4.90 Å². The molecule has 2 atom stereocenters. The van der Waals surface area contributed by atoms with E-state index in [-0.39, 0.29) is 11.8 Å². The van der Waals surface area contributed by atoms with E-state index >= 15 is 0 Å². The minimum absolute atomic E-state index is 0.107. The molecule has 1 aliphatic rings. The second-order valence-corrected chi connectivity index (χ2v) is 7.87. The minimum Gasteiger partial charge on any atom is -0.493 e. The highest BCUT2D eigenvalue weighted by molar-refractivity contribution is 7.98. The van der Waals surface area contributed by atoms with E-state index in [1.165, 1.54) is 0 Å². The molecule has 5 nitrogen and oxygen atoms in total. The van der Waals surface area contributed by atoms with Gasteiger partial charge in [0.1, 0.15) is 0 Å². The normalized spacial score (nSPS) is 23.2. The molecule has 0 spiro atoms. The van der Waals surface area contributed by atoms with Gasteiger partial charge in [0.15, 0.2) is 11.5 Å². The van der Waals surface area contributed by atoms with E-state index in [0.717, 1.165) is 36.1 Å². The Morgan fingerprint density at radius 2 is 1.96 bits per heavy atom. The van der Waals surface area contributed by atoms with E-state index < -0.39 is 5.54 Å². The van der Waals surface area contributed by atoms with Crippen molar-refractivity contribution in [3.63, 3.8) is 0 Å². The maximum absolute atomic E-state index is 13.0. The van der Waals surface area contributed by atoms with E-state index in [1.54, 1.807) is 30.9 Å². The first-order valence-electron chi connectivity index (χ1n) is 8.66. The molecular weight excluding hydrogens is 336 g/mol. The number of hydrogen-bond donors (Lipinski definition) is 1. The van der Waals surface area contributed by atoms with Gasteiger partial charge in [0.05, 0.1) is 20.1 Å². The molecule has 1 fully saturated rings. The molecular formula is C19H30N2O3S. The van der Waals surface area contributed by atoms with Crippen LogP contribution in [0.2, 0.25) is 0 Å². The average molecular weight is 367 g/mol. The SMILES string of the molecule is COc1cc(CN(C)C(=O)C2CCCCC2(C)N)c(SC)cc1OC. The summed E-state index contributed by atoms with van der Waals surface area (Å²) in [5.74, 6) is 1.40. The van der Waals surface area contributed by atoms with E-state index in [1.807, 2.05) is 32.4 Å². The third kappa shape index (κ3) is 4.42. The van der Waals surface area contributed by atoms with Crippen molar-refractivity contribution < 1.29 is 14.3 Å². The first-order chi connectivity index (χ1) is 11.8. The van der Waals surface area contributed by atoms with Crippen molar-refractivity contribution in [3.05, 3.63) is 17.7 Å². The van der Waals surface area contributed by atoms with Crippen LogP contribution in [0.4, 0.5) is 0 Å². The fourth-order valence-corrected chi connectivity index (χ4v) is 4.19. The van der Waals surface area contributed by atoms with Gasteiger partial charge in [0.25, 0.3) is 0 Å². The highest BCUT2D eigenvalue weighted by Gasteiger charge is 2.39. The number of rotatable bonds is 6. The standard InChI is InChI=1S/C19H30N2O3S/c1-19(20)9-7-6-8-14(19)18(22)21(2)12-13-10-15(23-3)16(24-4)11-17(13)25-5/h10-11,14H,6-9,12,20H2,1-5H3. The van der Waals surface area contributed by atoms with E-state index in [0.29, 0.717) is 18.0 Å². The molecule has 0 aliphatic heterocycles. The molecule has 1 aliphatic carbocycles. The number of nitrogens with two attached hydrogens (primary N) is 1. The van der Waals surface area contributed by atoms with Crippen molar-refractivity contribution in [3.8, 4) is 11.5 Å². The zero-order valence-electron chi connectivity index (χ0n) is 15.9. The summed E-state index contributed by atoms with van der Waals surface area (Å²) in [5.41, 5.74) is 7.04. The third-order valence-corrected chi connectivity index (χ3v) is 5.94. The molecule has 1 aromatic rings. The van der Waals surface area contributed by atoms with Crippen molar-refractivity contribution in [2.24, 2.45) is 11.7 Å². The van der Waals surface area contributed by atoms with Crippen molar-refractivity contribution in [2.75, 3.05) is 27.5 Å². The number of benzene rings is 1. The van der Waals surface area contributed by atoms with Gasteiger partial charge in [-0.25, -0.2) is 0 Å². The molecule has 25 heavy (non-hydrogen) atoms. The third-order valence-electron chi connectivity index (χ3n) is 5.12. The van der Waals surface area contributed by atoms with Crippen LogP contribution in [0, 0.1) is 5.92 Å². The summed E-state index contributed by atoms with van der Waals surface area (Å²) < 4.78 is 10.8. The molecule has 1 saturated carbocycles. The Morgan fingerprint density at radius 3 is 2.52 bits per heavy atom. The first kappa shape index (κ1) is 19.9. The predicted molar refractivity (Wildman–Crippen MR) is 102 cm³/mol. The molecule has 2 unspecified atom stereocenters. The van der Waals surface area contributed by atoms with Gasteiger partial charge >= 0.3 is 0 Å². The number of methoxy groups -OCH3 is 2. The van der Waals surface area contributed by atoms with Crippen LogP contribution in [-0.2, 0) is 11.3 Å². The van der Waals surface area contributed by atoms with Crippen LogP contribution in [0.1, 0.15) is 38.2 Å². The average Bonchev–Trinajstić information content (AvgIpc) is 2.60. The lowest BCUT2D eigenvalue weighted by Gasteiger charge is -2.39. The Balaban J connectivity index is 2.21. The van der Waals surface area contributed by atoms with E-state index in [9.17, 15) is 4.79 Å². The molecule has 0 saturated heterocycles. The Kier molecular flexibility index (Phi) is 6.63. The number of nitrogens with zero attached hydrogens (tertiary/aromatic N) is 1. The summed E-state index contributed by atoms with van der Waals surface area (Å²) in [7, 11) is 5.10. The second-order valence-electron chi connectivity index (χ2n) is 7.02. The van der Waals surface area contributed by atoms with Gasteiger partial charge in [0.2, 0.25) is 5.91 Å². The van der Waals surface area contributed by atoms with Gasteiger partial charge in [-0.05, 0) is 43.7 Å². The molecule has 0 radical (unpaired) electrons. The van der Waals surface area contributed by atoms with Crippen LogP contribution >= 0.6 is 11.8 Å². The van der Waals surface area contributed by atoms with Crippen LogP contribution in [0.15, 0.2) is 17.0 Å². The smallest absolute Gasteiger partial charge is 0.227 e. The molecule has 2 rings (SSSR count). The first-order valence-corrected chi connectivity index (χ1v) is 9.89. The molecule has 0 heterocycles. The number of carbonyl (C=O) groups is 1. The molecule has 6 heteroatoms. The summed E-state index contributed by atoms with van der Waals surface area (Å²) in [4.78, 5) is 15.9. The Bertz CT molecular complexity index is 619. The number of amides is 1. The quantitative estimate of drug-likeness (QED) is 0.783. The number of carbonyl (C=O) groups excluding carboxylic acids is 1. The molecule has 1 aromatic carbocycles. The van der Waals surface area contributed by atoms with Crippen LogP contribution in [0.25, 0.3) is 0 Å². The van der Waals surface area contributed by atoms with Crippen molar-refractivity contribution in [1.29, 1.82) is 0 Å². The van der Waals surface area contributed by atoms with E-state index in [2.05, 4.69) is 0 Å². The lowest BCUT2D eigenvalue weighted by Crippen LogP contribution is -2.53. The molecule has 2 N–H and O–H groups in total. The van der Waals surface area contributed by atoms with Crippen molar-refractivity contribution in [2.45, 2.75) is 49.6 Å². The number of thioether (sulfide) groups is 1. The highest BCUT2D eigenvalue weighted by Crippen LogP contribution is 2.36. The van der Waals surface area contributed by atoms with Gasteiger partial charge in [0, 0.05) is 24.0 Å². The summed E-state index contributed by atoms with van der Waals surface area (Å²) in [6.45, 7) is 2.54. The zero-order valence-corrected chi connectivity index (χ0v) is 16.7. The number of hydrogen-bond acceptors (Lipinski definition) is 5. The second kappa shape index (κ2) is 8.32. The predicted octanol–water partition coefficient (Wildman–Crippen LogP) is 3.29. The van der Waals surface area contributed by atoms with Gasteiger partial charge < -0.3 is 20.1 Å². The van der Waals surface area contributed by atoms with Gasteiger partial charge in [-0.2, -0.15) is 0 Å². The maximum Gasteiger partial charge on any atom is 0.227 e. The maximum atomic E-state index is 13.0. The summed E-state index contributed by atoms with van der Waals surface area (Å²) in [6.07, 6.45) is 5.97. The summed E-state index contributed by atoms with van der Waals surface area (Å²) >= 11 is 1.64. The Hall–Kier alpha value is -1.40. The Labute approximate surface area is 155 Å². The van der Waals surface area contributed by atoms with Crippen LogP contribution in [-0.4, -0.2) is 43.9 Å². The van der Waals surface area contributed by atoms with Gasteiger partial charge in [-0.1, -0.05) is 12.8 Å². The van der Waals surface area contributed by atoms with E-state index in [4.69, 9.17) is 15.2 Å². The zero-order chi connectivity index (χ0) is 18.6. The topological polar surface area (TPSA) is 64.8 Å². The molecule has 0 bridgehead atoms. The minimum atomic E-state index is -0.413. The largest absolute Gasteiger partial charge is 0.493 e. The fourth-order valence-electron chi connectivity index (χ4n) is 3.58. The monoisotopic (exact) mass is 366 g/mol. The van der Waals surface area contributed by atoms with Crippen molar-refractivity contribution >= 4 is 17.7 Å². The van der Waals surface area contributed by atoms with Gasteiger partial charge in [-0.3, -0.25) is 4.79 Å². The highest BCUT2D eigenvalue weighted by atomic mass is 32.2. The van der Waals surface area contributed by atoms with Crippen LogP contribution in [0.3, 0.4) is 0 Å².